The van der Waals surface area contributed by atoms with Crippen molar-refractivity contribution in [3.05, 3.63) is 0 Å². The number of rotatable bonds is 27. The van der Waals surface area contributed by atoms with Gasteiger partial charge in [-0.3, -0.25) is 48.4 Å². The van der Waals surface area contributed by atoms with Crippen molar-refractivity contribution in [2.75, 3.05) is 105 Å². The smallest absolute Gasteiger partial charge is 0.317 e. The van der Waals surface area contributed by atoms with E-state index < -0.39 is 67.2 Å². The number of carbonyl (C=O) groups excluding carboxylic acids is 5. The van der Waals surface area contributed by atoms with Crippen molar-refractivity contribution in [1.29, 1.82) is 0 Å². The highest BCUT2D eigenvalue weighted by Gasteiger charge is 2.27. The monoisotopic (exact) mass is 832 g/mol. The molecule has 21 heteroatoms. The topological polar surface area (TPSA) is 302 Å². The van der Waals surface area contributed by atoms with Crippen molar-refractivity contribution in [2.24, 2.45) is 5.92 Å². The molecular weight excluding hydrogens is 764 g/mol. The van der Waals surface area contributed by atoms with Crippen LogP contribution < -0.4 is 21.3 Å². The normalized spacial score (nSPS) is 17.5. The average Bonchev–Trinajstić information content (AvgIpc) is 3.15. The zero-order valence-electron chi connectivity index (χ0n) is 34.1. The summed E-state index contributed by atoms with van der Waals surface area (Å²) in [4.78, 5) is 93.3. The van der Waals surface area contributed by atoms with Crippen molar-refractivity contribution in [2.45, 2.75) is 83.1 Å². The number of carbonyl (C=O) groups is 7. The van der Waals surface area contributed by atoms with Crippen LogP contribution in [0.4, 0.5) is 0 Å². The second-order valence-electron chi connectivity index (χ2n) is 15.0. The van der Waals surface area contributed by atoms with Crippen LogP contribution in [0, 0.1) is 5.92 Å². The summed E-state index contributed by atoms with van der Waals surface area (Å²) in [5, 5.41) is 68.4. The Balaban J connectivity index is 3.04. The molecule has 0 bridgehead atoms. The van der Waals surface area contributed by atoms with Gasteiger partial charge in [0.25, 0.3) is 0 Å². The van der Waals surface area contributed by atoms with Crippen LogP contribution in [0.2, 0.25) is 0 Å². The Morgan fingerprint density at radius 1 is 0.621 bits per heavy atom. The zero-order valence-corrected chi connectivity index (χ0v) is 34.1. The number of nitrogens with one attached hydrogen (secondary N) is 4. The summed E-state index contributed by atoms with van der Waals surface area (Å²) in [7, 11) is 0. The van der Waals surface area contributed by atoms with Crippen LogP contribution >= 0.6 is 0 Å². The number of hydrogen-bond acceptors (Lipinski definition) is 15. The molecule has 1 aliphatic rings. The SMILES string of the molecule is CC(C)CCCCNC(=O)CCNC(=O)[C@H](CCC(=O)NCC(O)C(O)C(O)CCO)NC(=O)CN1CCN(CC=O)CCN(CC(=O)O)CCN(CC(=O)O)CC1. The lowest BCUT2D eigenvalue weighted by molar-refractivity contribution is -0.140. The molecule has 58 heavy (non-hydrogen) atoms. The van der Waals surface area contributed by atoms with Crippen molar-refractivity contribution < 1.29 is 64.2 Å². The third-order valence-corrected chi connectivity index (χ3v) is 9.56. The van der Waals surface area contributed by atoms with Gasteiger partial charge in [0, 0.05) is 91.4 Å². The molecule has 3 unspecified atom stereocenters. The summed E-state index contributed by atoms with van der Waals surface area (Å²) in [6.45, 7) is 5.18. The number of amides is 4. The van der Waals surface area contributed by atoms with Crippen LogP contribution in [0.1, 0.15) is 58.8 Å². The van der Waals surface area contributed by atoms with E-state index in [4.69, 9.17) is 5.11 Å². The molecule has 1 heterocycles. The third kappa shape index (κ3) is 24.8. The molecule has 1 saturated heterocycles. The quantitative estimate of drug-likeness (QED) is 0.0278. The molecule has 0 saturated carbocycles. The van der Waals surface area contributed by atoms with Gasteiger partial charge in [0.05, 0.1) is 38.4 Å². The minimum atomic E-state index is -1.64. The van der Waals surface area contributed by atoms with E-state index in [0.717, 1.165) is 25.5 Å². The molecule has 1 fully saturated rings. The molecule has 0 aromatic heterocycles. The number of aliphatic carboxylic acids is 2. The van der Waals surface area contributed by atoms with Crippen LogP contribution in [0.25, 0.3) is 0 Å². The van der Waals surface area contributed by atoms with Crippen LogP contribution in [0.5, 0.6) is 0 Å². The first-order valence-corrected chi connectivity index (χ1v) is 20.1. The predicted molar refractivity (Wildman–Crippen MR) is 210 cm³/mol. The molecule has 334 valence electrons. The second-order valence-corrected chi connectivity index (χ2v) is 15.0. The molecule has 0 spiro atoms. The lowest BCUT2D eigenvalue weighted by Crippen LogP contribution is -2.52. The molecule has 10 N–H and O–H groups in total. The molecule has 0 aromatic rings. The molecule has 4 atom stereocenters. The second kappa shape index (κ2) is 30.2. The van der Waals surface area contributed by atoms with Crippen molar-refractivity contribution in [3.8, 4) is 0 Å². The Morgan fingerprint density at radius 3 is 1.67 bits per heavy atom. The largest absolute Gasteiger partial charge is 0.480 e. The predicted octanol–water partition coefficient (Wildman–Crippen LogP) is -4.13. The number of aliphatic hydroxyl groups is 4. The van der Waals surface area contributed by atoms with E-state index in [9.17, 15) is 59.1 Å². The van der Waals surface area contributed by atoms with Gasteiger partial charge < -0.3 is 56.7 Å². The van der Waals surface area contributed by atoms with E-state index in [2.05, 4.69) is 35.1 Å². The van der Waals surface area contributed by atoms with Gasteiger partial charge in [-0.2, -0.15) is 0 Å². The zero-order chi connectivity index (χ0) is 43.5. The van der Waals surface area contributed by atoms with E-state index in [1.807, 2.05) is 4.90 Å². The van der Waals surface area contributed by atoms with Crippen LogP contribution in [-0.2, 0) is 33.6 Å². The maximum Gasteiger partial charge on any atom is 0.317 e. The van der Waals surface area contributed by atoms with Crippen LogP contribution in [-0.4, -0.2) is 221 Å². The molecular formula is C37H68N8O13. The number of carboxylic acids is 2. The first-order valence-electron chi connectivity index (χ1n) is 20.1. The van der Waals surface area contributed by atoms with E-state index >= 15 is 0 Å². The fourth-order valence-corrected chi connectivity index (χ4v) is 6.11. The Morgan fingerprint density at radius 2 is 1.16 bits per heavy atom. The van der Waals surface area contributed by atoms with Gasteiger partial charge in [-0.15, -0.1) is 0 Å². The number of carboxylic acid groups (broad SMARTS) is 2. The highest BCUT2D eigenvalue weighted by Crippen LogP contribution is 2.07. The summed E-state index contributed by atoms with van der Waals surface area (Å²) < 4.78 is 0. The molecule has 0 aromatic carbocycles. The maximum atomic E-state index is 13.5. The molecule has 1 rings (SSSR count). The number of nitrogens with zero attached hydrogens (tertiary/aromatic N) is 4. The summed E-state index contributed by atoms with van der Waals surface area (Å²) in [6.07, 6.45) is -1.76. The van der Waals surface area contributed by atoms with Gasteiger partial charge in [0.2, 0.25) is 23.6 Å². The fourth-order valence-electron chi connectivity index (χ4n) is 6.11. The molecule has 21 nitrogen and oxygen atoms in total. The maximum absolute atomic E-state index is 13.5. The third-order valence-electron chi connectivity index (χ3n) is 9.56. The number of aliphatic hydroxyl groups excluding tert-OH is 4. The Hall–Kier alpha value is -3.83. The highest BCUT2D eigenvalue weighted by atomic mass is 16.4. The van der Waals surface area contributed by atoms with Gasteiger partial charge in [-0.25, -0.2) is 0 Å². The highest BCUT2D eigenvalue weighted by molar-refractivity contribution is 5.89. The Kier molecular flexibility index (Phi) is 27.2. The summed E-state index contributed by atoms with van der Waals surface area (Å²) >= 11 is 0. The molecule has 0 aliphatic carbocycles. The first kappa shape index (κ1) is 52.2. The van der Waals surface area contributed by atoms with Crippen molar-refractivity contribution >= 4 is 41.9 Å². The van der Waals surface area contributed by atoms with Crippen molar-refractivity contribution in [3.63, 3.8) is 0 Å². The first-order chi connectivity index (χ1) is 27.5. The number of aldehydes is 1. The van der Waals surface area contributed by atoms with Gasteiger partial charge in [-0.05, 0) is 25.2 Å². The van der Waals surface area contributed by atoms with Crippen molar-refractivity contribution in [1.82, 2.24) is 40.9 Å². The van der Waals surface area contributed by atoms with E-state index in [-0.39, 0.29) is 97.0 Å². The van der Waals surface area contributed by atoms with Gasteiger partial charge >= 0.3 is 11.9 Å². The Bertz CT molecular complexity index is 1260. The van der Waals surface area contributed by atoms with Gasteiger partial charge in [0.15, 0.2) is 0 Å². The fraction of sp³-hybridized carbons (Fsp3) is 0.811. The lowest BCUT2D eigenvalue weighted by atomic mass is 10.1. The number of unbranched alkanes of at least 4 members (excludes halogenated alkanes) is 1. The lowest BCUT2D eigenvalue weighted by Gasteiger charge is -2.33. The summed E-state index contributed by atoms with van der Waals surface area (Å²) in [5.74, 6) is -3.71. The molecule has 1 aliphatic heterocycles. The number of hydrogen-bond donors (Lipinski definition) is 10. The van der Waals surface area contributed by atoms with E-state index in [0.29, 0.717) is 32.1 Å². The van der Waals surface area contributed by atoms with Crippen LogP contribution in [0.15, 0.2) is 0 Å². The minimum Gasteiger partial charge on any atom is -0.480 e. The minimum absolute atomic E-state index is 0.0224. The van der Waals surface area contributed by atoms with Crippen LogP contribution in [0.3, 0.4) is 0 Å². The van der Waals surface area contributed by atoms with E-state index in [1.165, 1.54) is 0 Å². The average molecular weight is 833 g/mol. The van der Waals surface area contributed by atoms with Gasteiger partial charge in [-0.1, -0.05) is 26.7 Å². The molecule has 4 amide bonds. The Labute approximate surface area is 340 Å². The summed E-state index contributed by atoms with van der Waals surface area (Å²) in [6, 6.07) is -1.23. The van der Waals surface area contributed by atoms with Gasteiger partial charge in [0.1, 0.15) is 18.4 Å². The van der Waals surface area contributed by atoms with E-state index in [1.54, 1.807) is 14.7 Å². The molecule has 0 radical (unpaired) electrons. The standard InChI is InChI=1S/C37H68N8O13/c1-27(2)5-3-4-10-38-32(51)8-11-39-37(58)28(6-7-31(50)40-23-30(49)36(57)29(48)9-21-46)41-33(52)24-43-14-12-42(20-22-47)13-15-44(25-34(53)54)18-19-45(17-16-43)26-35(55)56/h22,27-30,36,46,48-49,57H,3-21,23-26H2,1-2H3,(H,38,51)(H,39,58)(H,40,50)(H,41,52)(H,53,54)(H,55,56)/t28-,29?,30?,36?/m0/s1. The summed E-state index contributed by atoms with van der Waals surface area (Å²) in [5.41, 5.74) is 0.